The van der Waals surface area contributed by atoms with Crippen LogP contribution >= 0.6 is 0 Å². The van der Waals surface area contributed by atoms with E-state index in [0.717, 1.165) is 12.0 Å². The van der Waals surface area contributed by atoms with Crippen LogP contribution in [0.4, 0.5) is 9.18 Å². The van der Waals surface area contributed by atoms with E-state index in [2.05, 4.69) is 0 Å². The molecule has 0 aromatic heterocycles. The van der Waals surface area contributed by atoms with Gasteiger partial charge in [-0.05, 0) is 63.1 Å². The van der Waals surface area contributed by atoms with Gasteiger partial charge >= 0.3 is 6.09 Å². The molecule has 1 aliphatic carbocycles. The summed E-state index contributed by atoms with van der Waals surface area (Å²) >= 11 is 0. The van der Waals surface area contributed by atoms with Crippen molar-refractivity contribution >= 4 is 6.09 Å². The van der Waals surface area contributed by atoms with E-state index in [1.54, 1.807) is 17.0 Å². The lowest BCUT2D eigenvalue weighted by Gasteiger charge is -2.37. The van der Waals surface area contributed by atoms with Crippen LogP contribution in [-0.4, -0.2) is 40.9 Å². The first-order valence-corrected chi connectivity index (χ1v) is 8.66. The number of nitrogens with zero attached hydrogens (tertiary/aromatic N) is 1. The van der Waals surface area contributed by atoms with Crippen molar-refractivity contribution in [2.45, 2.75) is 51.2 Å². The molecule has 0 spiro atoms. The fraction of sp³-hybridized carbons (Fsp3) is 0.632. The van der Waals surface area contributed by atoms with Gasteiger partial charge in [0, 0.05) is 19.0 Å². The zero-order chi connectivity index (χ0) is 17.5. The summed E-state index contributed by atoms with van der Waals surface area (Å²) in [7, 11) is 0. The van der Waals surface area contributed by atoms with E-state index >= 15 is 0 Å². The molecule has 1 amide bonds. The van der Waals surface area contributed by atoms with Gasteiger partial charge in [0.2, 0.25) is 0 Å². The molecule has 1 aromatic carbocycles. The van der Waals surface area contributed by atoms with Crippen molar-refractivity contribution in [3.63, 3.8) is 0 Å². The van der Waals surface area contributed by atoms with Crippen LogP contribution in [0.1, 0.15) is 45.1 Å². The average Bonchev–Trinajstić information content (AvgIpc) is 2.91. The van der Waals surface area contributed by atoms with Crippen LogP contribution in [0, 0.1) is 17.7 Å². The van der Waals surface area contributed by atoms with Crippen LogP contribution in [-0.2, 0) is 4.74 Å². The minimum Gasteiger partial charge on any atom is -0.444 e. The molecule has 1 saturated carbocycles. The van der Waals surface area contributed by atoms with Crippen molar-refractivity contribution < 1.29 is 19.0 Å². The summed E-state index contributed by atoms with van der Waals surface area (Å²) in [5.41, 5.74) is 0.436. The summed E-state index contributed by atoms with van der Waals surface area (Å²) in [5, 5.41) is 10.5. The van der Waals surface area contributed by atoms with Crippen molar-refractivity contribution in [3.8, 4) is 0 Å². The molecule has 132 valence electrons. The number of rotatable bonds is 1. The topological polar surface area (TPSA) is 49.8 Å². The van der Waals surface area contributed by atoms with Gasteiger partial charge in [-0.1, -0.05) is 12.1 Å². The zero-order valence-electron chi connectivity index (χ0n) is 14.5. The van der Waals surface area contributed by atoms with Crippen LogP contribution < -0.4 is 0 Å². The third kappa shape index (κ3) is 3.56. The SMILES string of the molecule is CC(C)(C)OC(=O)N1C[C@@H]2CC[C@@H](O)[C@@H](c3ccc(F)cc3)[C@@H]2C1. The number of likely N-dealkylation sites (tertiary alicyclic amines) is 1. The Morgan fingerprint density at radius 1 is 1.21 bits per heavy atom. The molecule has 0 bridgehead atoms. The highest BCUT2D eigenvalue weighted by Crippen LogP contribution is 2.45. The highest BCUT2D eigenvalue weighted by Gasteiger charge is 2.46. The van der Waals surface area contributed by atoms with Gasteiger partial charge in [0.1, 0.15) is 11.4 Å². The standard InChI is InChI=1S/C19H26FNO3/c1-19(2,3)24-18(23)21-10-13-6-9-16(22)17(15(13)11-21)12-4-7-14(20)8-5-12/h4-5,7-8,13,15-17,22H,6,9-11H2,1-3H3/t13-,15+,16+,17-/m0/s1. The van der Waals surface area contributed by atoms with Crippen LogP contribution in [0.25, 0.3) is 0 Å². The third-order valence-electron chi connectivity index (χ3n) is 5.11. The highest BCUT2D eigenvalue weighted by atomic mass is 19.1. The second kappa shape index (κ2) is 6.36. The molecule has 4 atom stereocenters. The van der Waals surface area contributed by atoms with E-state index in [-0.39, 0.29) is 23.7 Å². The van der Waals surface area contributed by atoms with Gasteiger partial charge in [0.25, 0.3) is 0 Å². The van der Waals surface area contributed by atoms with Crippen LogP contribution in [0.15, 0.2) is 24.3 Å². The van der Waals surface area contributed by atoms with Gasteiger partial charge < -0.3 is 14.7 Å². The molecule has 4 nitrogen and oxygen atoms in total. The van der Waals surface area contributed by atoms with Crippen LogP contribution in [0.5, 0.6) is 0 Å². The van der Waals surface area contributed by atoms with Gasteiger partial charge in [-0.25, -0.2) is 9.18 Å². The van der Waals surface area contributed by atoms with Crippen molar-refractivity contribution in [2.75, 3.05) is 13.1 Å². The zero-order valence-corrected chi connectivity index (χ0v) is 14.5. The Kier molecular flexibility index (Phi) is 4.56. The van der Waals surface area contributed by atoms with E-state index in [0.29, 0.717) is 25.4 Å². The summed E-state index contributed by atoms with van der Waals surface area (Å²) in [6.45, 7) is 6.83. The molecular weight excluding hydrogens is 309 g/mol. The lowest BCUT2D eigenvalue weighted by Crippen LogP contribution is -2.37. The van der Waals surface area contributed by atoms with Gasteiger partial charge in [-0.2, -0.15) is 0 Å². The van der Waals surface area contributed by atoms with Crippen molar-refractivity contribution in [1.82, 2.24) is 4.90 Å². The maximum absolute atomic E-state index is 13.2. The predicted molar refractivity (Wildman–Crippen MR) is 89.2 cm³/mol. The van der Waals surface area contributed by atoms with Crippen LogP contribution in [0.2, 0.25) is 0 Å². The molecule has 3 rings (SSSR count). The lowest BCUT2D eigenvalue weighted by molar-refractivity contribution is 0.0278. The number of halogens is 1. The minimum atomic E-state index is -0.513. The normalized spacial score (nSPS) is 30.1. The fourth-order valence-corrected chi connectivity index (χ4v) is 4.09. The van der Waals surface area contributed by atoms with Gasteiger partial charge in [-0.3, -0.25) is 0 Å². The molecule has 1 heterocycles. The number of hydrogen-bond acceptors (Lipinski definition) is 3. The predicted octanol–water partition coefficient (Wildman–Crippen LogP) is 3.55. The van der Waals surface area contributed by atoms with Gasteiger partial charge in [0.05, 0.1) is 6.10 Å². The molecule has 1 saturated heterocycles. The molecule has 0 unspecified atom stereocenters. The maximum Gasteiger partial charge on any atom is 0.410 e. The molecule has 2 aliphatic rings. The number of aliphatic hydroxyl groups is 1. The number of carbonyl (C=O) groups excluding carboxylic acids is 1. The first kappa shape index (κ1) is 17.2. The highest BCUT2D eigenvalue weighted by molar-refractivity contribution is 5.68. The Bertz CT molecular complexity index is 596. The van der Waals surface area contributed by atoms with Crippen LogP contribution in [0.3, 0.4) is 0 Å². The second-order valence-corrected chi connectivity index (χ2v) is 8.03. The van der Waals surface area contributed by atoms with E-state index in [4.69, 9.17) is 4.74 Å². The Hall–Kier alpha value is -1.62. The summed E-state index contributed by atoms with van der Waals surface area (Å²) in [6.07, 6.45) is 0.883. The average molecular weight is 335 g/mol. The number of carbonyl (C=O) groups is 1. The van der Waals surface area contributed by atoms with E-state index in [9.17, 15) is 14.3 Å². The first-order valence-electron chi connectivity index (χ1n) is 8.66. The first-order chi connectivity index (χ1) is 11.2. The monoisotopic (exact) mass is 335 g/mol. The van der Waals surface area contributed by atoms with Crippen molar-refractivity contribution in [1.29, 1.82) is 0 Å². The Balaban J connectivity index is 1.77. The molecule has 1 N–H and O–H groups in total. The Morgan fingerprint density at radius 2 is 1.88 bits per heavy atom. The van der Waals surface area contributed by atoms with Crippen molar-refractivity contribution in [3.05, 3.63) is 35.6 Å². The summed E-state index contributed by atoms with van der Waals surface area (Å²) in [4.78, 5) is 14.1. The van der Waals surface area contributed by atoms with E-state index in [1.165, 1.54) is 12.1 Å². The molecule has 0 radical (unpaired) electrons. The molecular formula is C19H26FNO3. The second-order valence-electron chi connectivity index (χ2n) is 8.03. The number of benzene rings is 1. The molecule has 1 aromatic rings. The Morgan fingerprint density at radius 3 is 2.50 bits per heavy atom. The summed E-state index contributed by atoms with van der Waals surface area (Å²) < 4.78 is 18.7. The third-order valence-corrected chi connectivity index (χ3v) is 5.11. The molecule has 24 heavy (non-hydrogen) atoms. The number of ether oxygens (including phenoxy) is 1. The van der Waals surface area contributed by atoms with Gasteiger partial charge in [-0.15, -0.1) is 0 Å². The smallest absolute Gasteiger partial charge is 0.410 e. The quantitative estimate of drug-likeness (QED) is 0.854. The summed E-state index contributed by atoms with van der Waals surface area (Å²) in [6, 6.07) is 6.38. The summed E-state index contributed by atoms with van der Waals surface area (Å²) in [5.74, 6) is 0.210. The van der Waals surface area contributed by atoms with E-state index < -0.39 is 11.7 Å². The fourth-order valence-electron chi connectivity index (χ4n) is 4.09. The number of fused-ring (bicyclic) bond motifs is 1. The number of aliphatic hydroxyl groups excluding tert-OH is 1. The molecule has 2 fully saturated rings. The van der Waals surface area contributed by atoms with Gasteiger partial charge in [0.15, 0.2) is 0 Å². The van der Waals surface area contributed by atoms with Crippen molar-refractivity contribution in [2.24, 2.45) is 11.8 Å². The largest absolute Gasteiger partial charge is 0.444 e. The Labute approximate surface area is 142 Å². The lowest BCUT2D eigenvalue weighted by atomic mass is 9.69. The number of amides is 1. The minimum absolute atomic E-state index is 0.0585. The maximum atomic E-state index is 13.2. The molecule has 5 heteroatoms. The van der Waals surface area contributed by atoms with E-state index in [1.807, 2.05) is 20.8 Å². The number of hydrogen-bond donors (Lipinski definition) is 1. The molecule has 1 aliphatic heterocycles.